The molecule has 0 spiro atoms. The van der Waals surface area contributed by atoms with Gasteiger partial charge in [0.05, 0.1) is 42.8 Å². The lowest BCUT2D eigenvalue weighted by atomic mass is 10.0. The van der Waals surface area contributed by atoms with Crippen LogP contribution in [0.3, 0.4) is 0 Å². The molecule has 2 heterocycles. The number of hydrogen-bond donors (Lipinski definition) is 2. The lowest BCUT2D eigenvalue weighted by Gasteiger charge is -2.35. The number of rotatable bonds is 7. The number of nitrogens with zero attached hydrogens (tertiary/aromatic N) is 5. The average molecular weight is 474 g/mol. The third-order valence-corrected chi connectivity index (χ3v) is 6.28. The van der Waals surface area contributed by atoms with E-state index in [4.69, 9.17) is 9.84 Å². The summed E-state index contributed by atoms with van der Waals surface area (Å²) in [5.41, 5.74) is 2.13. The Morgan fingerprint density at radius 3 is 2.74 bits per heavy atom. The number of aromatic nitrogens is 3. The first-order chi connectivity index (χ1) is 16.3. The molecule has 1 aromatic heterocycles. The maximum Gasteiger partial charge on any atom is 0.335 e. The van der Waals surface area contributed by atoms with Gasteiger partial charge in [0.2, 0.25) is 5.91 Å². The molecule has 0 fully saturated rings. The van der Waals surface area contributed by atoms with Gasteiger partial charge in [0.25, 0.3) is 0 Å². The van der Waals surface area contributed by atoms with Crippen molar-refractivity contribution in [3.63, 3.8) is 0 Å². The smallest absolute Gasteiger partial charge is 0.335 e. The zero-order valence-electron chi connectivity index (χ0n) is 20.1. The van der Waals surface area contributed by atoms with Crippen LogP contribution in [0.2, 0.25) is 0 Å². The minimum Gasteiger partial charge on any atom is -0.478 e. The molecule has 0 saturated heterocycles. The Morgan fingerprint density at radius 1 is 1.32 bits per heavy atom. The minimum absolute atomic E-state index is 0.0125. The van der Waals surface area contributed by atoms with E-state index in [1.165, 1.54) is 0 Å². The van der Waals surface area contributed by atoms with Crippen molar-refractivity contribution in [2.24, 2.45) is 5.92 Å². The summed E-state index contributed by atoms with van der Waals surface area (Å²) < 4.78 is 8.13. The van der Waals surface area contributed by atoms with E-state index in [-0.39, 0.29) is 36.1 Å². The van der Waals surface area contributed by atoms with Gasteiger partial charge in [-0.3, -0.25) is 9.69 Å². The number of benzene rings is 1. The number of aromatic carboxylic acids is 1. The van der Waals surface area contributed by atoms with E-state index in [0.717, 1.165) is 11.3 Å². The molecule has 1 aromatic carbocycles. The standard InChI is InChI=1S/C24H35N5O5/c1-17-12-28(18(2)15-30)23(31)5-4-10-29-21(11-25-26-29)16-34-22(17)14-27(3)13-19-6-8-20(9-7-19)24(32)33/h6-9,11,17-18,22,30H,4-5,10,12-16H2,1-3H3,(H,32,33)/t17-,18+,22+/m0/s1. The van der Waals surface area contributed by atoms with E-state index in [0.29, 0.717) is 45.6 Å². The fourth-order valence-electron chi connectivity index (χ4n) is 4.18. The molecule has 10 nitrogen and oxygen atoms in total. The second-order valence-corrected chi connectivity index (χ2v) is 9.16. The Hall–Kier alpha value is -2.82. The summed E-state index contributed by atoms with van der Waals surface area (Å²) in [6, 6.07) is 6.58. The largest absolute Gasteiger partial charge is 0.478 e. The summed E-state index contributed by atoms with van der Waals surface area (Å²) >= 11 is 0. The summed E-state index contributed by atoms with van der Waals surface area (Å²) in [7, 11) is 1.99. The zero-order chi connectivity index (χ0) is 24.7. The van der Waals surface area contributed by atoms with Gasteiger partial charge in [-0.25, -0.2) is 9.48 Å². The van der Waals surface area contributed by atoms with Gasteiger partial charge in [-0.15, -0.1) is 5.10 Å². The monoisotopic (exact) mass is 473 g/mol. The number of amides is 1. The van der Waals surface area contributed by atoms with Crippen LogP contribution in [0.5, 0.6) is 0 Å². The predicted octanol–water partition coefficient (Wildman–Crippen LogP) is 1.63. The molecule has 1 aliphatic rings. The number of carboxylic acids is 1. The van der Waals surface area contributed by atoms with Crippen LogP contribution in [0.1, 0.15) is 48.3 Å². The zero-order valence-corrected chi connectivity index (χ0v) is 20.1. The fourth-order valence-corrected chi connectivity index (χ4v) is 4.18. The number of carbonyl (C=O) groups excluding carboxylic acids is 1. The molecule has 34 heavy (non-hydrogen) atoms. The fraction of sp³-hybridized carbons (Fsp3) is 0.583. The van der Waals surface area contributed by atoms with Gasteiger partial charge in [-0.1, -0.05) is 24.3 Å². The molecule has 10 heteroatoms. The highest BCUT2D eigenvalue weighted by Crippen LogP contribution is 2.19. The van der Waals surface area contributed by atoms with E-state index < -0.39 is 5.97 Å². The van der Waals surface area contributed by atoms with E-state index in [9.17, 15) is 14.7 Å². The van der Waals surface area contributed by atoms with Gasteiger partial charge >= 0.3 is 5.97 Å². The van der Waals surface area contributed by atoms with Crippen LogP contribution in [0.25, 0.3) is 0 Å². The highest BCUT2D eigenvalue weighted by molar-refractivity contribution is 5.87. The topological polar surface area (TPSA) is 121 Å². The van der Waals surface area contributed by atoms with Crippen LogP contribution in [0.4, 0.5) is 0 Å². The number of likely N-dealkylation sites (N-methyl/N-ethyl adjacent to an activating group) is 1. The molecule has 186 valence electrons. The van der Waals surface area contributed by atoms with E-state index in [1.54, 1.807) is 27.9 Å². The van der Waals surface area contributed by atoms with E-state index in [1.807, 2.05) is 26.1 Å². The number of aliphatic hydroxyl groups is 1. The molecular weight excluding hydrogens is 438 g/mol. The molecule has 1 aliphatic heterocycles. The van der Waals surface area contributed by atoms with Gasteiger partial charge in [0.15, 0.2) is 0 Å². The Bertz CT molecular complexity index is 947. The molecule has 1 amide bonds. The number of carboxylic acid groups (broad SMARTS) is 1. The summed E-state index contributed by atoms with van der Waals surface area (Å²) in [4.78, 5) is 27.9. The van der Waals surface area contributed by atoms with Crippen LogP contribution >= 0.6 is 0 Å². The van der Waals surface area contributed by atoms with Crippen LogP contribution in [-0.2, 0) is 29.2 Å². The number of fused-ring (bicyclic) bond motifs is 1. The Labute approximate surface area is 200 Å². The quantitative estimate of drug-likeness (QED) is 0.623. The first-order valence-corrected chi connectivity index (χ1v) is 11.7. The summed E-state index contributed by atoms with van der Waals surface area (Å²) in [5, 5.41) is 27.0. The van der Waals surface area contributed by atoms with Gasteiger partial charge in [-0.05, 0) is 38.1 Å². The molecule has 0 aliphatic carbocycles. The molecule has 0 saturated carbocycles. The van der Waals surface area contributed by atoms with Crippen molar-refractivity contribution in [3.8, 4) is 0 Å². The van der Waals surface area contributed by atoms with Crippen molar-refractivity contribution in [1.29, 1.82) is 0 Å². The van der Waals surface area contributed by atoms with Gasteiger partial charge in [-0.2, -0.15) is 0 Å². The van der Waals surface area contributed by atoms with Gasteiger partial charge < -0.3 is 19.8 Å². The van der Waals surface area contributed by atoms with Crippen molar-refractivity contribution in [2.75, 3.05) is 26.7 Å². The third-order valence-electron chi connectivity index (χ3n) is 6.28. The number of ether oxygens (including phenoxy) is 1. The number of carbonyl (C=O) groups is 2. The second kappa shape index (κ2) is 12.0. The molecule has 3 rings (SSSR count). The van der Waals surface area contributed by atoms with Crippen molar-refractivity contribution in [1.82, 2.24) is 24.8 Å². The van der Waals surface area contributed by atoms with Gasteiger partial charge in [0, 0.05) is 38.5 Å². The molecule has 2 N–H and O–H groups in total. The Balaban J connectivity index is 1.75. The second-order valence-electron chi connectivity index (χ2n) is 9.16. The van der Waals surface area contributed by atoms with Crippen molar-refractivity contribution >= 4 is 11.9 Å². The van der Waals surface area contributed by atoms with E-state index >= 15 is 0 Å². The normalized spacial score (nSPS) is 21.0. The first-order valence-electron chi connectivity index (χ1n) is 11.7. The summed E-state index contributed by atoms with van der Waals surface area (Å²) in [6.07, 6.45) is 2.54. The summed E-state index contributed by atoms with van der Waals surface area (Å²) in [5.74, 6) is -0.917. The molecule has 3 atom stereocenters. The molecule has 0 unspecified atom stereocenters. The maximum atomic E-state index is 12.9. The first kappa shape index (κ1) is 25.8. The van der Waals surface area contributed by atoms with Crippen LogP contribution in [-0.4, -0.2) is 85.8 Å². The maximum absolute atomic E-state index is 12.9. The van der Waals surface area contributed by atoms with Crippen molar-refractivity contribution in [2.45, 2.75) is 58.5 Å². The van der Waals surface area contributed by atoms with E-state index in [2.05, 4.69) is 22.1 Å². The van der Waals surface area contributed by atoms with Crippen molar-refractivity contribution in [3.05, 3.63) is 47.3 Å². The minimum atomic E-state index is -0.944. The average Bonchev–Trinajstić information content (AvgIpc) is 3.26. The number of hydrogen-bond acceptors (Lipinski definition) is 7. The lowest BCUT2D eigenvalue weighted by Crippen LogP contribution is -2.47. The van der Waals surface area contributed by atoms with Crippen molar-refractivity contribution < 1.29 is 24.5 Å². The summed E-state index contributed by atoms with van der Waals surface area (Å²) in [6.45, 7) is 6.50. The number of aliphatic hydroxyl groups excluding tert-OH is 1. The van der Waals surface area contributed by atoms with Crippen LogP contribution in [0, 0.1) is 5.92 Å². The molecule has 0 bridgehead atoms. The van der Waals surface area contributed by atoms with Crippen LogP contribution in [0.15, 0.2) is 30.5 Å². The molecule has 2 aromatic rings. The van der Waals surface area contributed by atoms with Gasteiger partial charge in [0.1, 0.15) is 0 Å². The highest BCUT2D eigenvalue weighted by atomic mass is 16.5. The van der Waals surface area contributed by atoms with Crippen LogP contribution < -0.4 is 0 Å². The SMILES string of the molecule is C[C@H](CO)N1C[C@H](C)[C@@H](CN(C)Cc2ccc(C(=O)O)cc2)OCc2cnnn2CCCC1=O. The lowest BCUT2D eigenvalue weighted by molar-refractivity contribution is -0.136. The molecule has 0 radical (unpaired) electrons. The predicted molar refractivity (Wildman–Crippen MR) is 125 cm³/mol. The Morgan fingerprint density at radius 2 is 2.06 bits per heavy atom. The third kappa shape index (κ3) is 6.85. The Kier molecular flexibility index (Phi) is 9.14. The number of aryl methyl sites for hydroxylation is 1. The molecular formula is C24H35N5O5. The highest BCUT2D eigenvalue weighted by Gasteiger charge is 2.28.